The Balaban J connectivity index is 1.03. The Morgan fingerprint density at radius 2 is 1.93 bits per heavy atom. The molecule has 5 aliphatic rings. The fourth-order valence-corrected chi connectivity index (χ4v) is 8.34. The lowest BCUT2D eigenvalue weighted by molar-refractivity contribution is -0.134. The summed E-state index contributed by atoms with van der Waals surface area (Å²) in [5.41, 5.74) is 10.4. The molecule has 0 unspecified atom stereocenters. The van der Waals surface area contributed by atoms with Crippen molar-refractivity contribution in [2.45, 2.75) is 69.2 Å². The third-order valence-electron chi connectivity index (χ3n) is 9.94. The third kappa shape index (κ3) is 5.68. The second-order valence-corrected chi connectivity index (χ2v) is 13.1. The quantitative estimate of drug-likeness (QED) is 0.144. The van der Waals surface area contributed by atoms with Gasteiger partial charge < -0.3 is 30.5 Å². The topological polar surface area (TPSA) is 201 Å². The molecule has 1 saturated heterocycles. The third-order valence-corrected chi connectivity index (χ3v) is 10.2. The highest BCUT2D eigenvalue weighted by atomic mass is 35.5. The number of nitrogens with one attached hydrogen (secondary N) is 3. The van der Waals surface area contributed by atoms with Gasteiger partial charge in [0.2, 0.25) is 5.91 Å². The zero-order valence-corrected chi connectivity index (χ0v) is 25.9. The maximum absolute atomic E-state index is 13.0. The molecule has 4 saturated carbocycles. The molecule has 4 aliphatic carbocycles. The highest BCUT2D eigenvalue weighted by Gasteiger charge is 2.49. The summed E-state index contributed by atoms with van der Waals surface area (Å²) in [4.78, 5) is 41.2. The van der Waals surface area contributed by atoms with Gasteiger partial charge in [0, 0.05) is 35.1 Å². The van der Waals surface area contributed by atoms with Crippen molar-refractivity contribution in [1.29, 1.82) is 0 Å². The van der Waals surface area contributed by atoms with Crippen LogP contribution in [-0.2, 0) is 20.9 Å². The average molecular weight is 651 g/mol. The van der Waals surface area contributed by atoms with E-state index in [-0.39, 0.29) is 25.1 Å². The van der Waals surface area contributed by atoms with E-state index < -0.39 is 30.4 Å². The smallest absolute Gasteiger partial charge is 0.258 e. The molecular weight excluding hydrogens is 616 g/mol. The number of rotatable bonds is 10. The Morgan fingerprint density at radius 3 is 2.65 bits per heavy atom. The predicted octanol–water partition coefficient (Wildman–Crippen LogP) is 3.09. The van der Waals surface area contributed by atoms with E-state index in [1.807, 2.05) is 0 Å². The van der Waals surface area contributed by atoms with Crippen LogP contribution in [0.1, 0.15) is 43.9 Å². The number of anilines is 1. The predicted molar refractivity (Wildman–Crippen MR) is 165 cm³/mol. The lowest BCUT2D eigenvalue weighted by Gasteiger charge is -2.54. The summed E-state index contributed by atoms with van der Waals surface area (Å²) in [6.45, 7) is 0.142. The number of aromatic nitrogens is 4. The number of amides is 2. The number of carbonyl (C=O) groups is 2. The molecule has 16 heteroatoms. The van der Waals surface area contributed by atoms with E-state index in [2.05, 4.69) is 40.9 Å². The van der Waals surface area contributed by atoms with Crippen molar-refractivity contribution >= 4 is 40.4 Å². The molecule has 1 aromatic carbocycles. The summed E-state index contributed by atoms with van der Waals surface area (Å²) in [5.74, 6) is 3.07. The van der Waals surface area contributed by atoms with Gasteiger partial charge in [-0.2, -0.15) is 0 Å². The van der Waals surface area contributed by atoms with E-state index in [0.29, 0.717) is 45.2 Å². The van der Waals surface area contributed by atoms with E-state index >= 15 is 0 Å². The number of carbonyl (C=O) groups excluding carboxylic acids is 2. The number of hydrogen-bond donors (Lipinski definition) is 4. The van der Waals surface area contributed by atoms with Crippen molar-refractivity contribution in [3.8, 4) is 5.75 Å². The van der Waals surface area contributed by atoms with E-state index in [4.69, 9.17) is 26.6 Å². The maximum atomic E-state index is 13.0. The van der Waals surface area contributed by atoms with E-state index in [1.54, 1.807) is 18.2 Å². The fourth-order valence-electron chi connectivity index (χ4n) is 8.14. The zero-order chi connectivity index (χ0) is 31.9. The standard InChI is InChI=1S/C30H35ClN10O5/c1-33-29(44)26-23(39-40-32)25(43)30(46-26)41-13-37-24-27(35-12-36-28(24)41)34-10-18-9-19(31)2-3-20(18)45-11-21(42)38-22-16-5-14-4-15(7-16)8-17(22)6-14/h2-3,9,12-17,22-23,25-26,30,43H,4-8,10-11H2,1H3,(H,33,44)(H,38,42)(H,34,35,36)/t14?,15?,16?,17?,22?,23-,25+,26-,30+/m0/s1. The minimum absolute atomic E-state index is 0.100. The number of nitrogens with zero attached hydrogens (tertiary/aromatic N) is 7. The maximum Gasteiger partial charge on any atom is 0.258 e. The van der Waals surface area contributed by atoms with Crippen molar-refractivity contribution in [3.63, 3.8) is 0 Å². The second-order valence-electron chi connectivity index (χ2n) is 12.7. The van der Waals surface area contributed by atoms with Crippen molar-refractivity contribution in [2.24, 2.45) is 28.8 Å². The number of aliphatic hydroxyl groups excluding tert-OH is 1. The lowest BCUT2D eigenvalue weighted by Crippen LogP contribution is -2.56. The molecule has 4 bridgehead atoms. The summed E-state index contributed by atoms with van der Waals surface area (Å²) < 4.78 is 13.3. The zero-order valence-electron chi connectivity index (χ0n) is 25.1. The van der Waals surface area contributed by atoms with Gasteiger partial charge in [-0.25, -0.2) is 15.0 Å². The number of imidazole rings is 1. The molecule has 1 aliphatic heterocycles. The molecule has 242 valence electrons. The Bertz CT molecular complexity index is 1670. The van der Waals surface area contributed by atoms with Gasteiger partial charge in [-0.1, -0.05) is 16.7 Å². The van der Waals surface area contributed by atoms with Gasteiger partial charge in [0.15, 0.2) is 29.8 Å². The summed E-state index contributed by atoms with van der Waals surface area (Å²) in [6, 6.07) is 4.30. The minimum Gasteiger partial charge on any atom is -0.483 e. The van der Waals surface area contributed by atoms with Crippen LogP contribution in [0.4, 0.5) is 5.82 Å². The summed E-state index contributed by atoms with van der Waals surface area (Å²) in [5, 5.41) is 24.0. The molecule has 3 aromatic rings. The summed E-state index contributed by atoms with van der Waals surface area (Å²) >= 11 is 6.32. The first-order chi connectivity index (χ1) is 22.3. The average Bonchev–Trinajstić information content (AvgIpc) is 3.62. The van der Waals surface area contributed by atoms with E-state index in [9.17, 15) is 14.7 Å². The van der Waals surface area contributed by atoms with E-state index in [1.165, 1.54) is 56.4 Å². The number of azide groups is 1. The van der Waals surface area contributed by atoms with Crippen LogP contribution in [0.5, 0.6) is 5.75 Å². The minimum atomic E-state index is -1.34. The molecule has 3 heterocycles. The van der Waals surface area contributed by atoms with Crippen LogP contribution in [0, 0.1) is 23.7 Å². The van der Waals surface area contributed by atoms with Crippen molar-refractivity contribution in [3.05, 3.63) is 51.9 Å². The van der Waals surface area contributed by atoms with Crippen molar-refractivity contribution in [1.82, 2.24) is 30.2 Å². The van der Waals surface area contributed by atoms with Crippen molar-refractivity contribution in [2.75, 3.05) is 19.0 Å². The van der Waals surface area contributed by atoms with Gasteiger partial charge in [-0.3, -0.25) is 14.2 Å². The van der Waals surface area contributed by atoms with Crippen LogP contribution in [0.2, 0.25) is 5.02 Å². The number of likely N-dealkylation sites (N-methyl/N-ethyl adjacent to an activating group) is 1. The Morgan fingerprint density at radius 1 is 1.17 bits per heavy atom. The Kier molecular flexibility index (Phi) is 8.32. The molecule has 15 nitrogen and oxygen atoms in total. The fraction of sp³-hybridized carbons (Fsp3) is 0.567. The Labute approximate surface area is 269 Å². The van der Waals surface area contributed by atoms with Crippen LogP contribution in [0.15, 0.2) is 36.0 Å². The van der Waals surface area contributed by atoms with Gasteiger partial charge in [-0.15, -0.1) is 0 Å². The summed E-state index contributed by atoms with van der Waals surface area (Å²) in [7, 11) is 1.42. The number of ether oxygens (including phenoxy) is 2. The SMILES string of the molecule is CNC(=O)[C@H]1O[C@@H](n2cnc3c(NCc4cc(Cl)ccc4OCC(=O)NC4C5CC6CC(C5)CC4C6)ncnc32)[C@H](O)[C@@H]1N=[N+]=[N-]. The lowest BCUT2D eigenvalue weighted by atomic mass is 9.54. The number of aliphatic hydroxyl groups is 1. The van der Waals surface area contributed by atoms with Crippen LogP contribution in [-0.4, -0.2) is 74.4 Å². The van der Waals surface area contributed by atoms with Crippen LogP contribution < -0.4 is 20.7 Å². The molecule has 46 heavy (non-hydrogen) atoms. The van der Waals surface area contributed by atoms with Crippen molar-refractivity contribution < 1.29 is 24.2 Å². The largest absolute Gasteiger partial charge is 0.483 e. The van der Waals surface area contributed by atoms with E-state index in [0.717, 1.165) is 11.8 Å². The molecule has 0 radical (unpaired) electrons. The first-order valence-corrected chi connectivity index (χ1v) is 15.9. The first kappa shape index (κ1) is 30.5. The number of benzene rings is 1. The van der Waals surface area contributed by atoms with Gasteiger partial charge in [-0.05, 0) is 79.5 Å². The molecule has 0 spiro atoms. The normalized spacial score (nSPS) is 31.0. The number of fused-ring (bicyclic) bond motifs is 1. The van der Waals surface area contributed by atoms with Gasteiger partial charge in [0.1, 0.15) is 30.3 Å². The van der Waals surface area contributed by atoms with Crippen LogP contribution >= 0.6 is 11.6 Å². The molecule has 5 fully saturated rings. The van der Waals surface area contributed by atoms with Gasteiger partial charge >= 0.3 is 0 Å². The van der Waals surface area contributed by atoms with Gasteiger partial charge in [0.25, 0.3) is 5.91 Å². The molecule has 4 atom stereocenters. The number of halogens is 1. The molecule has 2 amide bonds. The monoisotopic (exact) mass is 650 g/mol. The van der Waals surface area contributed by atoms with Crippen LogP contribution in [0.25, 0.3) is 21.6 Å². The molecule has 8 rings (SSSR count). The number of hydrogen-bond acceptors (Lipinski definition) is 10. The molecule has 2 aromatic heterocycles. The van der Waals surface area contributed by atoms with Crippen LogP contribution in [0.3, 0.4) is 0 Å². The first-order valence-electron chi connectivity index (χ1n) is 15.5. The van der Waals surface area contributed by atoms with Gasteiger partial charge in [0.05, 0.1) is 6.33 Å². The second kappa shape index (κ2) is 12.6. The molecular formula is C30H35ClN10O5. The Hall–Kier alpha value is -4.17. The highest BCUT2D eigenvalue weighted by molar-refractivity contribution is 6.30. The highest BCUT2D eigenvalue weighted by Crippen LogP contribution is 2.53. The molecule has 4 N–H and O–H groups in total. The summed E-state index contributed by atoms with van der Waals surface area (Å²) in [6.07, 6.45) is 5.36.